The highest BCUT2D eigenvalue weighted by Gasteiger charge is 2.33. The average Bonchev–Trinajstić information content (AvgIpc) is 2.98. The normalized spacial score (nSPS) is 11.8. The topological polar surface area (TPSA) is 105 Å². The lowest BCUT2D eigenvalue weighted by Crippen LogP contribution is -2.52. The number of hydrogen-bond acceptors (Lipinski definition) is 6. The van der Waals surface area contributed by atoms with E-state index in [1.54, 1.807) is 43.5 Å². The van der Waals surface area contributed by atoms with Crippen LogP contribution < -0.4 is 19.1 Å². The second-order valence-corrected chi connectivity index (χ2v) is 11.5. The quantitative estimate of drug-likeness (QED) is 0.282. The van der Waals surface area contributed by atoms with Gasteiger partial charge < -0.3 is 19.7 Å². The number of nitrogens with zero attached hydrogens (tertiary/aromatic N) is 2. The van der Waals surface area contributed by atoms with Gasteiger partial charge in [-0.1, -0.05) is 55.8 Å². The van der Waals surface area contributed by atoms with Gasteiger partial charge in [0, 0.05) is 13.1 Å². The summed E-state index contributed by atoms with van der Waals surface area (Å²) in [5, 5.41) is 3.05. The zero-order chi connectivity index (χ0) is 30.0. The Bertz CT molecular complexity index is 1440. The number of anilines is 1. The van der Waals surface area contributed by atoms with Gasteiger partial charge in [-0.2, -0.15) is 0 Å². The molecule has 11 heteroatoms. The van der Waals surface area contributed by atoms with Crippen LogP contribution in [0.5, 0.6) is 11.5 Å². The van der Waals surface area contributed by atoms with Crippen molar-refractivity contribution in [3.05, 3.63) is 83.4 Å². The highest BCUT2D eigenvalue weighted by Crippen LogP contribution is 2.32. The van der Waals surface area contributed by atoms with Gasteiger partial charge in [0.05, 0.1) is 29.8 Å². The molecule has 0 aliphatic rings. The number of halogens is 1. The summed E-state index contributed by atoms with van der Waals surface area (Å²) in [4.78, 5) is 28.7. The van der Waals surface area contributed by atoms with Gasteiger partial charge in [0.25, 0.3) is 10.0 Å². The van der Waals surface area contributed by atoms with Gasteiger partial charge in [0.15, 0.2) is 0 Å². The number of carbonyl (C=O) groups is 2. The Morgan fingerprint density at radius 3 is 2.29 bits per heavy atom. The van der Waals surface area contributed by atoms with E-state index in [9.17, 15) is 18.0 Å². The number of rotatable bonds is 14. The molecule has 3 aromatic rings. The van der Waals surface area contributed by atoms with E-state index in [0.29, 0.717) is 24.5 Å². The minimum atomic E-state index is -4.20. The fraction of sp³-hybridized carbons (Fsp3) is 0.333. The molecule has 0 saturated heterocycles. The molecule has 0 fully saturated rings. The van der Waals surface area contributed by atoms with Gasteiger partial charge in [-0.3, -0.25) is 13.9 Å². The zero-order valence-corrected chi connectivity index (χ0v) is 25.2. The number of benzene rings is 3. The number of hydrogen-bond donors (Lipinski definition) is 1. The molecular formula is C30H36ClN3O6S. The molecule has 220 valence electrons. The van der Waals surface area contributed by atoms with Crippen LogP contribution in [0.1, 0.15) is 32.3 Å². The predicted octanol–water partition coefficient (Wildman–Crippen LogP) is 4.89. The highest BCUT2D eigenvalue weighted by molar-refractivity contribution is 7.92. The van der Waals surface area contributed by atoms with Gasteiger partial charge in [0.1, 0.15) is 24.1 Å². The molecule has 0 aromatic heterocycles. The summed E-state index contributed by atoms with van der Waals surface area (Å²) in [5.41, 5.74) is 0.905. The Balaban J connectivity index is 2.08. The van der Waals surface area contributed by atoms with E-state index in [1.165, 1.54) is 42.3 Å². The minimum Gasteiger partial charge on any atom is -0.497 e. The Morgan fingerprint density at radius 1 is 0.951 bits per heavy atom. The zero-order valence-electron chi connectivity index (χ0n) is 23.7. The molecule has 0 bridgehead atoms. The van der Waals surface area contributed by atoms with Crippen molar-refractivity contribution in [2.75, 3.05) is 31.6 Å². The van der Waals surface area contributed by atoms with Gasteiger partial charge in [-0.25, -0.2) is 8.42 Å². The summed E-state index contributed by atoms with van der Waals surface area (Å²) in [5.74, 6) is 0.0879. The van der Waals surface area contributed by atoms with Crippen molar-refractivity contribution in [2.45, 2.75) is 44.2 Å². The molecule has 3 rings (SSSR count). The van der Waals surface area contributed by atoms with Crippen molar-refractivity contribution in [1.82, 2.24) is 10.2 Å². The summed E-state index contributed by atoms with van der Waals surface area (Å²) in [7, 11) is -1.21. The number of nitrogens with one attached hydrogen (secondary N) is 1. The lowest BCUT2D eigenvalue weighted by molar-refractivity contribution is -0.140. The number of ether oxygens (including phenoxy) is 2. The lowest BCUT2D eigenvalue weighted by atomic mass is 10.1. The van der Waals surface area contributed by atoms with Gasteiger partial charge in [0.2, 0.25) is 11.8 Å². The molecule has 3 aromatic carbocycles. The summed E-state index contributed by atoms with van der Waals surface area (Å²) in [6.07, 6.45) is 1.05. The van der Waals surface area contributed by atoms with Crippen molar-refractivity contribution >= 4 is 39.1 Å². The first-order valence-electron chi connectivity index (χ1n) is 13.3. The van der Waals surface area contributed by atoms with E-state index in [-0.39, 0.29) is 28.1 Å². The Morgan fingerprint density at radius 2 is 1.68 bits per heavy atom. The molecule has 0 aliphatic heterocycles. The second kappa shape index (κ2) is 14.7. The SMILES string of the molecule is CCCNC(=O)C(CC)N(Cc1cccc(OC)c1)C(=O)CN(c1ccc(OC)c(Cl)c1)S(=O)(=O)c1ccccc1. The summed E-state index contributed by atoms with van der Waals surface area (Å²) >= 11 is 6.36. The average molecular weight is 602 g/mol. The maximum Gasteiger partial charge on any atom is 0.264 e. The molecular weight excluding hydrogens is 566 g/mol. The summed E-state index contributed by atoms with van der Waals surface area (Å²) < 4.78 is 39.4. The van der Waals surface area contributed by atoms with E-state index < -0.39 is 28.5 Å². The second-order valence-electron chi connectivity index (χ2n) is 9.23. The van der Waals surface area contributed by atoms with E-state index in [2.05, 4.69) is 5.32 Å². The van der Waals surface area contributed by atoms with E-state index in [0.717, 1.165) is 16.3 Å². The Kier molecular flexibility index (Phi) is 11.4. The molecule has 0 saturated carbocycles. The van der Waals surface area contributed by atoms with Crippen LogP contribution in [0.15, 0.2) is 77.7 Å². The fourth-order valence-corrected chi connectivity index (χ4v) is 5.99. The van der Waals surface area contributed by atoms with E-state index >= 15 is 0 Å². The molecule has 1 N–H and O–H groups in total. The van der Waals surface area contributed by atoms with Gasteiger partial charge in [-0.05, 0) is 60.9 Å². The third kappa shape index (κ3) is 7.92. The first-order chi connectivity index (χ1) is 19.7. The molecule has 41 heavy (non-hydrogen) atoms. The van der Waals surface area contributed by atoms with Crippen LogP contribution in [0.3, 0.4) is 0 Å². The van der Waals surface area contributed by atoms with Crippen molar-refractivity contribution in [2.24, 2.45) is 0 Å². The van der Waals surface area contributed by atoms with Crippen LogP contribution in [0.25, 0.3) is 0 Å². The molecule has 1 unspecified atom stereocenters. The van der Waals surface area contributed by atoms with Crippen LogP contribution >= 0.6 is 11.6 Å². The van der Waals surface area contributed by atoms with Crippen LogP contribution in [-0.2, 0) is 26.2 Å². The Labute approximate surface area is 247 Å². The molecule has 0 heterocycles. The monoisotopic (exact) mass is 601 g/mol. The molecule has 9 nitrogen and oxygen atoms in total. The molecule has 0 spiro atoms. The summed E-state index contributed by atoms with van der Waals surface area (Å²) in [6, 6.07) is 18.7. The number of methoxy groups -OCH3 is 2. The predicted molar refractivity (Wildman–Crippen MR) is 160 cm³/mol. The van der Waals surface area contributed by atoms with Crippen molar-refractivity contribution in [3.63, 3.8) is 0 Å². The lowest BCUT2D eigenvalue weighted by Gasteiger charge is -2.33. The van der Waals surface area contributed by atoms with Gasteiger partial charge in [-0.15, -0.1) is 0 Å². The van der Waals surface area contributed by atoms with Crippen molar-refractivity contribution in [1.29, 1.82) is 0 Å². The smallest absolute Gasteiger partial charge is 0.264 e. The third-order valence-corrected chi connectivity index (χ3v) is 8.54. The molecule has 0 radical (unpaired) electrons. The standard InChI is InChI=1S/C30H36ClN3O6S/c1-5-17-32-30(36)27(6-2)33(20-22-11-10-12-24(18-22)39-3)29(35)21-34(23-15-16-28(40-4)26(31)19-23)41(37,38)25-13-8-7-9-14-25/h7-16,18-19,27H,5-6,17,20-21H2,1-4H3,(H,32,36). The first-order valence-corrected chi connectivity index (χ1v) is 15.1. The Hall–Kier alpha value is -3.76. The number of carbonyl (C=O) groups excluding carboxylic acids is 2. The van der Waals surface area contributed by atoms with Crippen LogP contribution in [0, 0.1) is 0 Å². The maximum atomic E-state index is 14.1. The highest BCUT2D eigenvalue weighted by atomic mass is 35.5. The number of amides is 2. The first kappa shape index (κ1) is 31.8. The van der Waals surface area contributed by atoms with Crippen LogP contribution in [-0.4, -0.2) is 58.5 Å². The van der Waals surface area contributed by atoms with Gasteiger partial charge >= 0.3 is 0 Å². The number of sulfonamides is 1. The summed E-state index contributed by atoms with van der Waals surface area (Å²) in [6.45, 7) is 3.70. The maximum absolute atomic E-state index is 14.1. The third-order valence-electron chi connectivity index (χ3n) is 6.46. The molecule has 0 aliphatic carbocycles. The largest absolute Gasteiger partial charge is 0.497 e. The fourth-order valence-electron chi connectivity index (χ4n) is 4.31. The van der Waals surface area contributed by atoms with E-state index in [1.807, 2.05) is 19.9 Å². The van der Waals surface area contributed by atoms with Crippen LogP contribution in [0.2, 0.25) is 5.02 Å². The minimum absolute atomic E-state index is 0.00631. The molecule has 1 atom stereocenters. The van der Waals surface area contributed by atoms with Crippen molar-refractivity contribution in [3.8, 4) is 11.5 Å². The van der Waals surface area contributed by atoms with E-state index in [4.69, 9.17) is 21.1 Å². The van der Waals surface area contributed by atoms with Crippen LogP contribution in [0.4, 0.5) is 5.69 Å². The molecule has 2 amide bonds. The van der Waals surface area contributed by atoms with Crippen molar-refractivity contribution < 1.29 is 27.5 Å².